The predicted octanol–water partition coefficient (Wildman–Crippen LogP) is 1.23. The van der Waals surface area contributed by atoms with Gasteiger partial charge in [0.05, 0.1) is 11.8 Å². The molecule has 0 spiro atoms. The van der Waals surface area contributed by atoms with Gasteiger partial charge in [-0.15, -0.1) is 10.5 Å². The molecule has 0 aromatic carbocycles. The summed E-state index contributed by atoms with van der Waals surface area (Å²) in [4.78, 5) is 0. The molecule has 0 amide bonds. The van der Waals surface area contributed by atoms with Crippen LogP contribution in [0.15, 0.2) is 21.7 Å². The molecule has 0 fully saturated rings. The number of hydrogen-bond acceptors (Lipinski definition) is 2. The van der Waals surface area contributed by atoms with Crippen molar-refractivity contribution in [2.75, 3.05) is 0 Å². The van der Waals surface area contributed by atoms with Gasteiger partial charge in [-0.05, 0) is 11.5 Å². The SMILES string of the molecule is C=S1C=CC=NN=C1. The molecule has 1 unspecified atom stereocenters. The Morgan fingerprint density at radius 3 is 3.12 bits per heavy atom. The zero-order valence-electron chi connectivity index (χ0n) is 4.32. The van der Waals surface area contributed by atoms with Gasteiger partial charge >= 0.3 is 0 Å². The second-order valence-corrected chi connectivity index (χ2v) is 2.71. The molecule has 8 heavy (non-hydrogen) atoms. The molecule has 42 valence electrons. The molecule has 0 aliphatic carbocycles. The van der Waals surface area contributed by atoms with Crippen LogP contribution in [-0.2, 0) is 0 Å². The molecule has 1 aliphatic rings. The predicted molar refractivity (Wildman–Crippen MR) is 40.8 cm³/mol. The molecule has 1 rings (SSSR count). The Kier molecular flexibility index (Phi) is 1.75. The highest BCUT2D eigenvalue weighted by molar-refractivity contribution is 8.27. The zero-order chi connectivity index (χ0) is 5.82. The quantitative estimate of drug-likeness (QED) is 0.436. The van der Waals surface area contributed by atoms with Gasteiger partial charge in [-0.1, -0.05) is 5.87 Å². The molecule has 0 aromatic rings. The van der Waals surface area contributed by atoms with Crippen molar-refractivity contribution in [2.45, 2.75) is 0 Å². The Bertz CT molecular complexity index is 161. The summed E-state index contributed by atoms with van der Waals surface area (Å²) in [5.74, 6) is 3.77. The summed E-state index contributed by atoms with van der Waals surface area (Å²) in [6.45, 7) is 0. The molecular weight excluding hydrogens is 120 g/mol. The van der Waals surface area contributed by atoms with Crippen LogP contribution in [0.4, 0.5) is 0 Å². The molecule has 0 radical (unpaired) electrons. The normalized spacial score (nSPS) is 25.8. The summed E-state index contributed by atoms with van der Waals surface area (Å²) in [6.07, 6.45) is 3.50. The maximum Gasteiger partial charge on any atom is 0.0804 e. The van der Waals surface area contributed by atoms with Crippen LogP contribution in [-0.4, -0.2) is 17.6 Å². The maximum atomic E-state index is 3.77. The second-order valence-electron chi connectivity index (χ2n) is 1.28. The van der Waals surface area contributed by atoms with Crippen molar-refractivity contribution in [3.05, 3.63) is 11.5 Å². The van der Waals surface area contributed by atoms with Crippen molar-refractivity contribution in [3.8, 4) is 0 Å². The van der Waals surface area contributed by atoms with Crippen LogP contribution in [0.5, 0.6) is 0 Å². The first-order valence-corrected chi connectivity index (χ1v) is 3.66. The summed E-state index contributed by atoms with van der Waals surface area (Å²) >= 11 is 0. The first-order valence-electron chi connectivity index (χ1n) is 2.14. The fourth-order valence-electron chi connectivity index (χ4n) is 0.336. The van der Waals surface area contributed by atoms with Crippen LogP contribution in [0.3, 0.4) is 0 Å². The van der Waals surface area contributed by atoms with Crippen LogP contribution >= 0.6 is 10.5 Å². The molecular formula is C5H6N2S. The van der Waals surface area contributed by atoms with E-state index in [1.807, 2.05) is 11.5 Å². The third kappa shape index (κ3) is 1.42. The minimum absolute atomic E-state index is 0.0548. The van der Waals surface area contributed by atoms with Crippen molar-refractivity contribution in [2.24, 2.45) is 10.2 Å². The van der Waals surface area contributed by atoms with Crippen molar-refractivity contribution >= 4 is 28.1 Å². The van der Waals surface area contributed by atoms with E-state index in [0.717, 1.165) is 0 Å². The topological polar surface area (TPSA) is 24.7 Å². The van der Waals surface area contributed by atoms with Crippen LogP contribution in [0, 0.1) is 0 Å². The fraction of sp³-hybridized carbons (Fsp3) is 0. The highest BCUT2D eigenvalue weighted by Gasteiger charge is 1.78. The molecule has 1 aliphatic heterocycles. The molecule has 0 saturated heterocycles. The maximum absolute atomic E-state index is 3.77. The molecule has 0 N–H and O–H groups in total. The van der Waals surface area contributed by atoms with E-state index in [1.54, 1.807) is 11.8 Å². The number of rotatable bonds is 0. The standard InChI is InChI=1S/C5H6N2S/c1-8-4-2-3-6-7-5-8/h2-5H,1H2. The van der Waals surface area contributed by atoms with Gasteiger partial charge in [-0.2, -0.15) is 10.2 Å². The molecule has 3 heteroatoms. The largest absolute Gasteiger partial charge is 0.159 e. The lowest BCUT2D eigenvalue weighted by Crippen LogP contribution is -1.57. The Morgan fingerprint density at radius 1 is 1.38 bits per heavy atom. The molecule has 1 atom stereocenters. The van der Waals surface area contributed by atoms with Gasteiger partial charge in [0.25, 0.3) is 0 Å². The lowest BCUT2D eigenvalue weighted by atomic mass is 10.7. The third-order valence-electron chi connectivity index (χ3n) is 0.655. The van der Waals surface area contributed by atoms with Gasteiger partial charge in [0.1, 0.15) is 0 Å². The van der Waals surface area contributed by atoms with Gasteiger partial charge in [-0.25, -0.2) is 0 Å². The van der Waals surface area contributed by atoms with Gasteiger partial charge in [0, 0.05) is 0 Å². The summed E-state index contributed by atoms with van der Waals surface area (Å²) < 4.78 is 0. The average Bonchev–Trinajstić information content (AvgIpc) is 1.94. The Hall–Kier alpha value is -0.700. The summed E-state index contributed by atoms with van der Waals surface area (Å²) in [5, 5.41) is 9.29. The van der Waals surface area contributed by atoms with Gasteiger partial charge in [-0.3, -0.25) is 0 Å². The minimum Gasteiger partial charge on any atom is -0.159 e. The van der Waals surface area contributed by atoms with Crippen LogP contribution < -0.4 is 0 Å². The highest BCUT2D eigenvalue weighted by Crippen LogP contribution is 2.06. The van der Waals surface area contributed by atoms with E-state index >= 15 is 0 Å². The Labute approximate surface area is 50.6 Å². The van der Waals surface area contributed by atoms with Crippen molar-refractivity contribution in [3.63, 3.8) is 0 Å². The lowest BCUT2D eigenvalue weighted by Gasteiger charge is -1.80. The number of hydrogen-bond donors (Lipinski definition) is 0. The van der Waals surface area contributed by atoms with Gasteiger partial charge in [0.15, 0.2) is 0 Å². The number of allylic oxidation sites excluding steroid dienone is 1. The van der Waals surface area contributed by atoms with E-state index in [4.69, 9.17) is 0 Å². The second kappa shape index (κ2) is 2.57. The van der Waals surface area contributed by atoms with E-state index < -0.39 is 0 Å². The van der Waals surface area contributed by atoms with Gasteiger partial charge in [0.2, 0.25) is 0 Å². The van der Waals surface area contributed by atoms with Crippen molar-refractivity contribution in [1.82, 2.24) is 0 Å². The van der Waals surface area contributed by atoms with Crippen molar-refractivity contribution < 1.29 is 0 Å². The summed E-state index contributed by atoms with van der Waals surface area (Å²) in [6, 6.07) is 0. The van der Waals surface area contributed by atoms with E-state index in [1.165, 1.54) is 0 Å². The van der Waals surface area contributed by atoms with E-state index in [9.17, 15) is 0 Å². The van der Waals surface area contributed by atoms with E-state index in [0.29, 0.717) is 0 Å². The fourth-order valence-corrected chi connectivity index (χ4v) is 0.854. The average molecular weight is 126 g/mol. The van der Waals surface area contributed by atoms with E-state index in [2.05, 4.69) is 16.1 Å². The van der Waals surface area contributed by atoms with Crippen LogP contribution in [0.2, 0.25) is 0 Å². The summed E-state index contributed by atoms with van der Waals surface area (Å²) in [5.41, 5.74) is 1.72. The zero-order valence-corrected chi connectivity index (χ0v) is 5.14. The first kappa shape index (κ1) is 5.44. The highest BCUT2D eigenvalue weighted by atomic mass is 32.2. The Balaban J connectivity index is 2.81. The van der Waals surface area contributed by atoms with E-state index in [-0.39, 0.29) is 10.5 Å². The summed E-state index contributed by atoms with van der Waals surface area (Å²) in [7, 11) is -0.0548. The third-order valence-corrected chi connectivity index (χ3v) is 1.53. The molecule has 0 aromatic heterocycles. The van der Waals surface area contributed by atoms with Crippen LogP contribution in [0.25, 0.3) is 0 Å². The monoisotopic (exact) mass is 126 g/mol. The van der Waals surface area contributed by atoms with Crippen LogP contribution in [0.1, 0.15) is 0 Å². The lowest BCUT2D eigenvalue weighted by molar-refractivity contribution is 1.28. The van der Waals surface area contributed by atoms with Crippen molar-refractivity contribution in [1.29, 1.82) is 0 Å². The molecule has 2 nitrogen and oxygen atoms in total. The van der Waals surface area contributed by atoms with Gasteiger partial charge < -0.3 is 0 Å². The number of nitrogens with zero attached hydrogens (tertiary/aromatic N) is 2. The minimum atomic E-state index is -0.0548. The molecule has 0 bridgehead atoms. The first-order chi connectivity index (χ1) is 3.89. The Morgan fingerprint density at radius 2 is 2.25 bits per heavy atom. The molecule has 0 saturated carbocycles. The molecule has 1 heterocycles. The smallest absolute Gasteiger partial charge is 0.0804 e.